The van der Waals surface area contributed by atoms with E-state index in [0.29, 0.717) is 12.1 Å². The van der Waals surface area contributed by atoms with Crippen molar-refractivity contribution in [2.24, 2.45) is 0 Å². The summed E-state index contributed by atoms with van der Waals surface area (Å²) in [5.74, 6) is -0.122. The van der Waals surface area contributed by atoms with Crippen molar-refractivity contribution < 1.29 is 4.79 Å². The molecule has 5 heteroatoms. The lowest BCUT2D eigenvalue weighted by molar-refractivity contribution is 0.0950. The van der Waals surface area contributed by atoms with E-state index in [-0.39, 0.29) is 5.91 Å². The van der Waals surface area contributed by atoms with Crippen LogP contribution in [0.2, 0.25) is 0 Å². The van der Waals surface area contributed by atoms with Crippen molar-refractivity contribution in [1.82, 2.24) is 15.5 Å². The van der Waals surface area contributed by atoms with Gasteiger partial charge in [0.2, 0.25) is 0 Å². The van der Waals surface area contributed by atoms with Crippen molar-refractivity contribution in [3.05, 3.63) is 45.9 Å². The molecule has 0 aromatic carbocycles. The van der Waals surface area contributed by atoms with Gasteiger partial charge in [-0.2, -0.15) is 10.2 Å². The highest BCUT2D eigenvalue weighted by Gasteiger charge is 2.06. The average molecular weight is 233 g/mol. The minimum atomic E-state index is -0.122. The van der Waals surface area contributed by atoms with E-state index < -0.39 is 0 Å². The number of hydrogen-bond acceptors (Lipinski definition) is 4. The van der Waals surface area contributed by atoms with Crippen molar-refractivity contribution in [1.29, 1.82) is 0 Å². The Kier molecular flexibility index (Phi) is 3.26. The Morgan fingerprint density at radius 2 is 2.31 bits per heavy atom. The number of nitrogens with one attached hydrogen (secondary N) is 1. The third-order valence-corrected chi connectivity index (χ3v) is 3.25. The maximum absolute atomic E-state index is 11.7. The fourth-order valence-electron chi connectivity index (χ4n) is 1.27. The molecule has 82 valence electrons. The van der Waals surface area contributed by atoms with Crippen LogP contribution in [-0.4, -0.2) is 16.1 Å². The molecule has 2 rings (SSSR count). The van der Waals surface area contributed by atoms with E-state index in [1.165, 1.54) is 22.8 Å². The third kappa shape index (κ3) is 2.43. The van der Waals surface area contributed by atoms with Gasteiger partial charge in [-0.3, -0.25) is 4.79 Å². The van der Waals surface area contributed by atoms with Crippen LogP contribution in [-0.2, 0) is 6.54 Å². The highest BCUT2D eigenvalue weighted by atomic mass is 32.1. The fourth-order valence-corrected chi connectivity index (χ4v) is 2.12. The zero-order chi connectivity index (χ0) is 11.4. The number of thiophene rings is 1. The Balaban J connectivity index is 1.97. The molecule has 0 aliphatic heterocycles. The van der Waals surface area contributed by atoms with Gasteiger partial charge in [-0.1, -0.05) is 0 Å². The molecule has 0 saturated heterocycles. The largest absolute Gasteiger partial charge is 0.347 e. The van der Waals surface area contributed by atoms with E-state index in [2.05, 4.69) is 15.5 Å². The molecule has 0 aliphatic rings. The van der Waals surface area contributed by atoms with E-state index >= 15 is 0 Å². The van der Waals surface area contributed by atoms with E-state index in [0.717, 1.165) is 0 Å². The molecule has 2 aromatic heterocycles. The zero-order valence-electron chi connectivity index (χ0n) is 8.80. The first kappa shape index (κ1) is 10.8. The zero-order valence-corrected chi connectivity index (χ0v) is 9.62. The van der Waals surface area contributed by atoms with Crippen molar-refractivity contribution in [2.45, 2.75) is 13.5 Å². The van der Waals surface area contributed by atoms with Gasteiger partial charge in [-0.15, -0.1) is 11.3 Å². The highest BCUT2D eigenvalue weighted by Crippen LogP contribution is 2.14. The molecule has 0 spiro atoms. The van der Waals surface area contributed by atoms with E-state index in [4.69, 9.17) is 0 Å². The maximum Gasteiger partial charge on any atom is 0.253 e. The lowest BCUT2D eigenvalue weighted by atomic mass is 10.2. The first-order valence-corrected chi connectivity index (χ1v) is 5.73. The molecule has 0 fully saturated rings. The molecule has 0 aliphatic carbocycles. The maximum atomic E-state index is 11.7. The molecule has 1 N–H and O–H groups in total. The SMILES string of the molecule is Cc1ccsc1CNC(=O)c1ccnnc1. The number of carbonyl (C=O) groups excluding carboxylic acids is 1. The molecule has 4 nitrogen and oxygen atoms in total. The number of carbonyl (C=O) groups is 1. The topological polar surface area (TPSA) is 54.9 Å². The molecular formula is C11H11N3OS. The smallest absolute Gasteiger partial charge is 0.253 e. The summed E-state index contributed by atoms with van der Waals surface area (Å²) in [5, 5.41) is 12.1. The van der Waals surface area contributed by atoms with Crippen molar-refractivity contribution in [2.75, 3.05) is 0 Å². The lowest BCUT2D eigenvalue weighted by Gasteiger charge is -2.03. The molecule has 0 atom stereocenters. The van der Waals surface area contributed by atoms with Gasteiger partial charge >= 0.3 is 0 Å². The Labute approximate surface area is 97.3 Å². The summed E-state index contributed by atoms with van der Waals surface area (Å²) in [4.78, 5) is 12.9. The third-order valence-electron chi connectivity index (χ3n) is 2.22. The summed E-state index contributed by atoms with van der Waals surface area (Å²) in [5.41, 5.74) is 1.74. The van der Waals surface area contributed by atoms with Crippen LogP contribution in [0.5, 0.6) is 0 Å². The molecule has 16 heavy (non-hydrogen) atoms. The summed E-state index contributed by atoms with van der Waals surface area (Å²) in [6.45, 7) is 2.59. The molecule has 0 unspecified atom stereocenters. The molecule has 1 amide bonds. The van der Waals surface area contributed by atoms with Gasteiger partial charge in [0.25, 0.3) is 5.91 Å². The van der Waals surface area contributed by atoms with Crippen LogP contribution < -0.4 is 5.32 Å². The molecule has 2 aromatic rings. The first-order valence-electron chi connectivity index (χ1n) is 4.85. The van der Waals surface area contributed by atoms with E-state index in [9.17, 15) is 4.79 Å². The quantitative estimate of drug-likeness (QED) is 0.879. The Bertz CT molecular complexity index is 481. The second kappa shape index (κ2) is 4.85. The van der Waals surface area contributed by atoms with E-state index in [1.54, 1.807) is 17.4 Å². The van der Waals surface area contributed by atoms with Crippen LogP contribution >= 0.6 is 11.3 Å². The number of rotatable bonds is 3. The summed E-state index contributed by atoms with van der Waals surface area (Å²) < 4.78 is 0. The fraction of sp³-hybridized carbons (Fsp3) is 0.182. The Morgan fingerprint density at radius 1 is 1.44 bits per heavy atom. The predicted molar refractivity (Wildman–Crippen MR) is 62.3 cm³/mol. The first-order chi connectivity index (χ1) is 7.77. The molecule has 0 saturated carbocycles. The summed E-state index contributed by atoms with van der Waals surface area (Å²) >= 11 is 1.64. The minimum absolute atomic E-state index is 0.122. The van der Waals surface area contributed by atoms with Gasteiger partial charge in [-0.25, -0.2) is 0 Å². The molecular weight excluding hydrogens is 222 g/mol. The molecule has 2 heterocycles. The van der Waals surface area contributed by atoms with Gasteiger partial charge in [0.05, 0.1) is 24.5 Å². The van der Waals surface area contributed by atoms with Gasteiger partial charge in [0.1, 0.15) is 0 Å². The van der Waals surface area contributed by atoms with Crippen LogP contribution in [0.1, 0.15) is 20.8 Å². The summed E-state index contributed by atoms with van der Waals surface area (Å²) in [7, 11) is 0. The minimum Gasteiger partial charge on any atom is -0.347 e. The van der Waals surface area contributed by atoms with Gasteiger partial charge in [0, 0.05) is 4.88 Å². The van der Waals surface area contributed by atoms with Gasteiger partial charge < -0.3 is 5.32 Å². The lowest BCUT2D eigenvalue weighted by Crippen LogP contribution is -2.22. The monoisotopic (exact) mass is 233 g/mol. The number of nitrogens with zero attached hydrogens (tertiary/aromatic N) is 2. The average Bonchev–Trinajstić information content (AvgIpc) is 2.73. The van der Waals surface area contributed by atoms with Crippen LogP contribution in [0.4, 0.5) is 0 Å². The van der Waals surface area contributed by atoms with Gasteiger partial charge in [-0.05, 0) is 30.0 Å². The molecule has 0 bridgehead atoms. The summed E-state index contributed by atoms with van der Waals surface area (Å²) in [6.07, 6.45) is 2.96. The number of amides is 1. The normalized spacial score (nSPS) is 10.1. The Hall–Kier alpha value is -1.75. The van der Waals surface area contributed by atoms with Gasteiger partial charge in [0.15, 0.2) is 0 Å². The van der Waals surface area contributed by atoms with Crippen molar-refractivity contribution >= 4 is 17.2 Å². The number of hydrogen-bond donors (Lipinski definition) is 1. The Morgan fingerprint density at radius 3 is 2.94 bits per heavy atom. The van der Waals surface area contributed by atoms with Crippen molar-refractivity contribution in [3.8, 4) is 0 Å². The number of aromatic nitrogens is 2. The van der Waals surface area contributed by atoms with Crippen LogP contribution in [0.15, 0.2) is 29.9 Å². The van der Waals surface area contributed by atoms with Crippen LogP contribution in [0, 0.1) is 6.92 Å². The predicted octanol–water partition coefficient (Wildman–Crippen LogP) is 1.78. The van der Waals surface area contributed by atoms with Crippen molar-refractivity contribution in [3.63, 3.8) is 0 Å². The molecule has 0 radical (unpaired) electrons. The second-order valence-electron chi connectivity index (χ2n) is 3.34. The van der Waals surface area contributed by atoms with Crippen LogP contribution in [0.25, 0.3) is 0 Å². The van der Waals surface area contributed by atoms with Crippen LogP contribution in [0.3, 0.4) is 0 Å². The van der Waals surface area contributed by atoms with E-state index in [1.807, 2.05) is 18.4 Å². The highest BCUT2D eigenvalue weighted by molar-refractivity contribution is 7.10. The summed E-state index contributed by atoms with van der Waals surface area (Å²) in [6, 6.07) is 3.68. The second-order valence-corrected chi connectivity index (χ2v) is 4.34. The standard InChI is InChI=1S/C11H11N3OS/c1-8-3-5-16-10(8)7-12-11(15)9-2-4-13-14-6-9/h2-6H,7H2,1H3,(H,12,15). The number of aryl methyl sites for hydroxylation is 1.